The summed E-state index contributed by atoms with van der Waals surface area (Å²) in [6.07, 6.45) is 1.49. The average Bonchev–Trinajstić information content (AvgIpc) is 3.34. The Hall–Kier alpha value is -2.29. The van der Waals surface area contributed by atoms with Crippen molar-refractivity contribution in [2.45, 2.75) is 12.0 Å². The molecule has 3 aromatic rings. The second-order valence-corrected chi connectivity index (χ2v) is 6.70. The standard InChI is InChI=1S/C16H16N6OS.ClH/c17-13-9-21(8-12(13)11-4-2-1-3-5-11)16(23)15-14(6-7-24-15)22-10-18-19-20-22;/h1-7,10,12-13H,8-9,17H2;1H/t12-,13+;/m0./s1. The molecule has 2 N–H and O–H groups in total. The van der Waals surface area contributed by atoms with Crippen LogP contribution in [-0.2, 0) is 0 Å². The highest BCUT2D eigenvalue weighted by atomic mass is 35.5. The zero-order valence-electron chi connectivity index (χ0n) is 13.2. The van der Waals surface area contributed by atoms with Gasteiger partial charge in [0.2, 0.25) is 0 Å². The van der Waals surface area contributed by atoms with E-state index in [1.54, 1.807) is 0 Å². The molecular weight excluding hydrogens is 360 g/mol. The third-order valence-electron chi connectivity index (χ3n) is 4.31. The highest BCUT2D eigenvalue weighted by Gasteiger charge is 2.35. The number of tetrazole rings is 1. The molecule has 25 heavy (non-hydrogen) atoms. The molecule has 1 saturated heterocycles. The number of likely N-dealkylation sites (tertiary alicyclic amines) is 1. The second-order valence-electron chi connectivity index (χ2n) is 5.78. The Morgan fingerprint density at radius 2 is 2.00 bits per heavy atom. The number of halogens is 1. The van der Waals surface area contributed by atoms with E-state index in [2.05, 4.69) is 27.7 Å². The Morgan fingerprint density at radius 1 is 1.20 bits per heavy atom. The zero-order chi connectivity index (χ0) is 16.5. The van der Waals surface area contributed by atoms with Crippen molar-refractivity contribution >= 4 is 29.7 Å². The second kappa shape index (κ2) is 7.30. The Labute approximate surface area is 154 Å². The zero-order valence-corrected chi connectivity index (χ0v) is 14.9. The van der Waals surface area contributed by atoms with E-state index in [4.69, 9.17) is 5.73 Å². The van der Waals surface area contributed by atoms with Crippen molar-refractivity contribution in [3.05, 3.63) is 58.5 Å². The maximum atomic E-state index is 12.9. The number of carbonyl (C=O) groups is 1. The summed E-state index contributed by atoms with van der Waals surface area (Å²) in [7, 11) is 0. The number of benzene rings is 1. The minimum atomic E-state index is -0.0622. The van der Waals surface area contributed by atoms with E-state index in [9.17, 15) is 4.79 Å². The van der Waals surface area contributed by atoms with Crippen molar-refractivity contribution < 1.29 is 4.79 Å². The molecule has 130 valence electrons. The van der Waals surface area contributed by atoms with Gasteiger partial charge in [0.05, 0.1) is 5.69 Å². The summed E-state index contributed by atoms with van der Waals surface area (Å²) >= 11 is 1.39. The van der Waals surface area contributed by atoms with Crippen molar-refractivity contribution in [1.82, 2.24) is 25.1 Å². The summed E-state index contributed by atoms with van der Waals surface area (Å²) in [5.41, 5.74) is 8.17. The van der Waals surface area contributed by atoms with Crippen LogP contribution in [-0.4, -0.2) is 50.1 Å². The van der Waals surface area contributed by atoms with Crippen LogP contribution in [0.5, 0.6) is 0 Å². The van der Waals surface area contributed by atoms with Crippen LogP contribution >= 0.6 is 23.7 Å². The SMILES string of the molecule is Cl.N[C@@H]1CN(C(=O)c2sccc2-n2cnnn2)C[C@H]1c1ccccc1. The molecule has 0 unspecified atom stereocenters. The maximum absolute atomic E-state index is 12.9. The predicted octanol–water partition coefficient (Wildman–Crippen LogP) is 1.71. The third kappa shape index (κ3) is 3.28. The lowest BCUT2D eigenvalue weighted by molar-refractivity contribution is 0.0794. The molecule has 0 aliphatic carbocycles. The molecule has 1 aromatic carbocycles. The molecule has 2 atom stereocenters. The predicted molar refractivity (Wildman–Crippen MR) is 97.3 cm³/mol. The fraction of sp³-hybridized carbons (Fsp3) is 0.250. The fourth-order valence-electron chi connectivity index (χ4n) is 3.11. The van der Waals surface area contributed by atoms with Crippen LogP contribution in [0.3, 0.4) is 0 Å². The molecule has 0 spiro atoms. The van der Waals surface area contributed by atoms with Gasteiger partial charge in [-0.15, -0.1) is 28.8 Å². The Morgan fingerprint density at radius 3 is 2.72 bits per heavy atom. The highest BCUT2D eigenvalue weighted by molar-refractivity contribution is 7.12. The first-order valence-electron chi connectivity index (χ1n) is 7.64. The first-order valence-corrected chi connectivity index (χ1v) is 8.52. The number of rotatable bonds is 3. The summed E-state index contributed by atoms with van der Waals surface area (Å²) in [6.45, 7) is 1.17. The highest BCUT2D eigenvalue weighted by Crippen LogP contribution is 2.29. The third-order valence-corrected chi connectivity index (χ3v) is 5.21. The quantitative estimate of drug-likeness (QED) is 0.751. The molecule has 1 amide bonds. The molecule has 3 heterocycles. The van der Waals surface area contributed by atoms with Crippen molar-refractivity contribution in [1.29, 1.82) is 0 Å². The van der Waals surface area contributed by atoms with E-state index in [0.717, 1.165) is 0 Å². The first-order chi connectivity index (χ1) is 11.7. The number of carbonyl (C=O) groups excluding carboxylic acids is 1. The smallest absolute Gasteiger partial charge is 0.266 e. The van der Waals surface area contributed by atoms with Gasteiger partial charge in [-0.2, -0.15) is 4.68 Å². The van der Waals surface area contributed by atoms with Gasteiger partial charge in [-0.1, -0.05) is 30.3 Å². The Balaban J connectivity index is 0.00000182. The lowest BCUT2D eigenvalue weighted by atomic mass is 9.95. The van der Waals surface area contributed by atoms with Crippen molar-refractivity contribution in [3.8, 4) is 5.69 Å². The minimum absolute atomic E-state index is 0. The van der Waals surface area contributed by atoms with Gasteiger partial charge < -0.3 is 10.6 Å². The van der Waals surface area contributed by atoms with E-state index in [1.165, 1.54) is 27.9 Å². The number of hydrogen-bond donors (Lipinski definition) is 1. The summed E-state index contributed by atoms with van der Waals surface area (Å²) in [5.74, 6) is 0.135. The van der Waals surface area contributed by atoms with Crippen LogP contribution < -0.4 is 5.73 Å². The van der Waals surface area contributed by atoms with Crippen molar-refractivity contribution in [3.63, 3.8) is 0 Å². The van der Waals surface area contributed by atoms with Gasteiger partial charge in [0.25, 0.3) is 5.91 Å². The number of amides is 1. The normalized spacial score (nSPS) is 19.6. The molecule has 4 rings (SSSR count). The molecule has 0 bridgehead atoms. The summed E-state index contributed by atoms with van der Waals surface area (Å²) < 4.78 is 1.51. The number of aromatic nitrogens is 4. The van der Waals surface area contributed by atoms with Gasteiger partial charge in [-0.05, 0) is 27.4 Å². The van der Waals surface area contributed by atoms with E-state index < -0.39 is 0 Å². The van der Waals surface area contributed by atoms with Crippen LogP contribution in [0, 0.1) is 0 Å². The van der Waals surface area contributed by atoms with Crippen molar-refractivity contribution in [2.24, 2.45) is 5.73 Å². The Kier molecular flexibility index (Phi) is 5.12. The van der Waals surface area contributed by atoms with Crippen LogP contribution in [0.1, 0.15) is 21.2 Å². The van der Waals surface area contributed by atoms with Crippen LogP contribution in [0.15, 0.2) is 48.1 Å². The lowest BCUT2D eigenvalue weighted by Crippen LogP contribution is -2.32. The van der Waals surface area contributed by atoms with Crippen LogP contribution in [0.2, 0.25) is 0 Å². The topological polar surface area (TPSA) is 89.9 Å². The summed E-state index contributed by atoms with van der Waals surface area (Å²) in [6, 6.07) is 11.9. The lowest BCUT2D eigenvalue weighted by Gasteiger charge is -2.16. The maximum Gasteiger partial charge on any atom is 0.266 e. The molecular formula is C16H17ClN6OS. The first kappa shape index (κ1) is 17.5. The molecule has 1 fully saturated rings. The molecule has 1 aliphatic rings. The van der Waals surface area contributed by atoms with Crippen molar-refractivity contribution in [2.75, 3.05) is 13.1 Å². The number of hydrogen-bond acceptors (Lipinski definition) is 6. The van der Waals surface area contributed by atoms with E-state index in [0.29, 0.717) is 23.7 Å². The van der Waals surface area contributed by atoms with Crippen LogP contribution in [0.25, 0.3) is 5.69 Å². The van der Waals surface area contributed by atoms with Gasteiger partial charge in [-0.3, -0.25) is 4.79 Å². The largest absolute Gasteiger partial charge is 0.336 e. The Bertz CT molecular complexity index is 837. The van der Waals surface area contributed by atoms with E-state index in [-0.39, 0.29) is 30.3 Å². The number of thiophene rings is 1. The number of nitrogens with zero attached hydrogens (tertiary/aromatic N) is 5. The van der Waals surface area contributed by atoms with Crippen LogP contribution in [0.4, 0.5) is 0 Å². The molecule has 1 aliphatic heterocycles. The van der Waals surface area contributed by atoms with E-state index >= 15 is 0 Å². The summed E-state index contributed by atoms with van der Waals surface area (Å²) in [4.78, 5) is 15.4. The summed E-state index contributed by atoms with van der Waals surface area (Å²) in [5, 5.41) is 13.0. The average molecular weight is 377 g/mol. The molecule has 2 aromatic heterocycles. The molecule has 0 radical (unpaired) electrons. The molecule has 0 saturated carbocycles. The van der Waals surface area contributed by atoms with Gasteiger partial charge in [0.1, 0.15) is 11.2 Å². The molecule has 7 nitrogen and oxygen atoms in total. The molecule has 9 heteroatoms. The minimum Gasteiger partial charge on any atom is -0.336 e. The van der Waals surface area contributed by atoms with Gasteiger partial charge in [-0.25, -0.2) is 0 Å². The fourth-order valence-corrected chi connectivity index (χ4v) is 3.95. The number of nitrogens with two attached hydrogens (primary N) is 1. The van der Waals surface area contributed by atoms with Gasteiger partial charge in [0, 0.05) is 25.0 Å². The van der Waals surface area contributed by atoms with Gasteiger partial charge in [0.15, 0.2) is 0 Å². The van der Waals surface area contributed by atoms with Gasteiger partial charge >= 0.3 is 0 Å². The monoisotopic (exact) mass is 376 g/mol. The van der Waals surface area contributed by atoms with E-state index in [1.807, 2.05) is 34.5 Å².